The molecule has 0 radical (unpaired) electrons. The van der Waals surface area contributed by atoms with Crippen LogP contribution in [0.4, 0.5) is 5.69 Å². The number of esters is 1. The average Bonchev–Trinajstić information content (AvgIpc) is 2.94. The van der Waals surface area contributed by atoms with Gasteiger partial charge in [-0.1, -0.05) is 36.4 Å². The Morgan fingerprint density at radius 3 is 2.15 bits per heavy atom. The summed E-state index contributed by atoms with van der Waals surface area (Å²) in [6.45, 7) is 4.05. The first-order valence-corrected chi connectivity index (χ1v) is 14.3. The molecule has 0 unspecified atom stereocenters. The quantitative estimate of drug-likeness (QED) is 0.131. The Kier molecular flexibility index (Phi) is 8.76. The van der Waals surface area contributed by atoms with Crippen molar-refractivity contribution in [2.24, 2.45) is 5.10 Å². The number of rotatable bonds is 9. The van der Waals surface area contributed by atoms with Gasteiger partial charge in [0.2, 0.25) is 10.0 Å². The first-order valence-electron chi connectivity index (χ1n) is 12.4. The second-order valence-corrected chi connectivity index (χ2v) is 11.2. The van der Waals surface area contributed by atoms with Crippen LogP contribution in [0.1, 0.15) is 43.0 Å². The highest BCUT2D eigenvalue weighted by Gasteiger charge is 2.18. The van der Waals surface area contributed by atoms with Gasteiger partial charge >= 0.3 is 5.97 Å². The van der Waals surface area contributed by atoms with E-state index in [2.05, 4.69) is 10.5 Å². The van der Waals surface area contributed by atoms with E-state index >= 15 is 0 Å². The SMILES string of the molecule is Cc1ccc(N(Cc2ccc(C(=O)N/N=C\c3ccc(OC(=O)c4ccccc4)cc3)cc2)S(C)(=O)=O)cc1C. The van der Waals surface area contributed by atoms with Gasteiger partial charge in [0.05, 0.1) is 30.3 Å². The minimum absolute atomic E-state index is 0.137. The Balaban J connectivity index is 1.34. The topological polar surface area (TPSA) is 105 Å². The number of hydrogen-bond acceptors (Lipinski definition) is 6. The lowest BCUT2D eigenvalue weighted by Gasteiger charge is -2.23. The maximum Gasteiger partial charge on any atom is 0.343 e. The van der Waals surface area contributed by atoms with Gasteiger partial charge in [-0.3, -0.25) is 9.10 Å². The lowest BCUT2D eigenvalue weighted by molar-refractivity contribution is 0.0734. The maximum absolute atomic E-state index is 12.5. The molecule has 4 aromatic carbocycles. The van der Waals surface area contributed by atoms with Crippen molar-refractivity contribution in [3.05, 3.63) is 130 Å². The van der Waals surface area contributed by atoms with Gasteiger partial charge in [-0.25, -0.2) is 18.6 Å². The van der Waals surface area contributed by atoms with Crippen molar-refractivity contribution in [2.75, 3.05) is 10.6 Å². The second kappa shape index (κ2) is 12.4. The van der Waals surface area contributed by atoms with Crippen LogP contribution in [-0.2, 0) is 16.6 Å². The molecule has 204 valence electrons. The normalized spacial score (nSPS) is 11.3. The Labute approximate surface area is 234 Å². The van der Waals surface area contributed by atoms with Crippen LogP contribution < -0.4 is 14.5 Å². The first kappa shape index (κ1) is 28.3. The summed E-state index contributed by atoms with van der Waals surface area (Å²) in [6.07, 6.45) is 2.65. The van der Waals surface area contributed by atoms with Crippen molar-refractivity contribution in [1.29, 1.82) is 0 Å². The molecular weight excluding hydrogens is 526 g/mol. The van der Waals surface area contributed by atoms with Crippen LogP contribution in [0.3, 0.4) is 0 Å². The van der Waals surface area contributed by atoms with Gasteiger partial charge in [0.25, 0.3) is 5.91 Å². The number of nitrogens with zero attached hydrogens (tertiary/aromatic N) is 2. The monoisotopic (exact) mass is 555 g/mol. The zero-order valence-electron chi connectivity index (χ0n) is 22.4. The number of hydrogen-bond donors (Lipinski definition) is 1. The molecule has 4 rings (SSSR count). The minimum Gasteiger partial charge on any atom is -0.423 e. The van der Waals surface area contributed by atoms with Crippen LogP contribution in [-0.4, -0.2) is 32.8 Å². The third kappa shape index (κ3) is 7.42. The Hall–Kier alpha value is -4.76. The third-order valence-electron chi connectivity index (χ3n) is 6.20. The maximum atomic E-state index is 12.5. The highest BCUT2D eigenvalue weighted by molar-refractivity contribution is 7.92. The summed E-state index contributed by atoms with van der Waals surface area (Å²) >= 11 is 0. The zero-order chi connectivity index (χ0) is 28.7. The van der Waals surface area contributed by atoms with Crippen LogP contribution in [0.15, 0.2) is 102 Å². The van der Waals surface area contributed by atoms with Crippen molar-refractivity contribution in [3.8, 4) is 5.75 Å². The van der Waals surface area contributed by atoms with Gasteiger partial charge in [0.1, 0.15) is 5.75 Å². The summed E-state index contributed by atoms with van der Waals surface area (Å²) < 4.78 is 31.7. The smallest absolute Gasteiger partial charge is 0.343 e. The number of carbonyl (C=O) groups is 2. The molecule has 0 aromatic heterocycles. The fraction of sp³-hybridized carbons (Fsp3) is 0.129. The fourth-order valence-corrected chi connectivity index (χ4v) is 4.68. The molecule has 0 aliphatic rings. The van der Waals surface area contributed by atoms with E-state index in [9.17, 15) is 18.0 Å². The Bertz CT molecular complexity index is 1630. The van der Waals surface area contributed by atoms with Crippen LogP contribution in [0, 0.1) is 13.8 Å². The largest absolute Gasteiger partial charge is 0.423 e. The van der Waals surface area contributed by atoms with E-state index in [1.807, 2.05) is 32.0 Å². The third-order valence-corrected chi connectivity index (χ3v) is 7.34. The van der Waals surface area contributed by atoms with Crippen molar-refractivity contribution in [3.63, 3.8) is 0 Å². The predicted octanol–water partition coefficient (Wildman–Crippen LogP) is 5.25. The van der Waals surface area contributed by atoms with Crippen molar-refractivity contribution >= 4 is 33.8 Å². The van der Waals surface area contributed by atoms with E-state index < -0.39 is 21.9 Å². The summed E-state index contributed by atoms with van der Waals surface area (Å²) in [5, 5.41) is 3.99. The van der Waals surface area contributed by atoms with E-state index in [-0.39, 0.29) is 6.54 Å². The summed E-state index contributed by atoms with van der Waals surface area (Å²) in [7, 11) is -3.52. The number of benzene rings is 4. The van der Waals surface area contributed by atoms with E-state index in [0.29, 0.717) is 28.1 Å². The highest BCUT2D eigenvalue weighted by atomic mass is 32.2. The van der Waals surface area contributed by atoms with Crippen LogP contribution in [0.5, 0.6) is 5.75 Å². The molecule has 1 N–H and O–H groups in total. The molecule has 0 fully saturated rings. The van der Waals surface area contributed by atoms with Gasteiger partial charge in [0, 0.05) is 5.56 Å². The molecule has 9 heteroatoms. The summed E-state index contributed by atoms with van der Waals surface area (Å²) in [5.74, 6) is -0.470. The van der Waals surface area contributed by atoms with Gasteiger partial charge in [0.15, 0.2) is 0 Å². The Morgan fingerprint density at radius 1 is 0.850 bits per heavy atom. The molecule has 8 nitrogen and oxygen atoms in total. The zero-order valence-corrected chi connectivity index (χ0v) is 23.2. The van der Waals surface area contributed by atoms with Crippen molar-refractivity contribution in [2.45, 2.75) is 20.4 Å². The minimum atomic E-state index is -3.52. The molecule has 4 aromatic rings. The number of nitrogens with one attached hydrogen (secondary N) is 1. The van der Waals surface area contributed by atoms with Crippen molar-refractivity contribution in [1.82, 2.24) is 5.43 Å². The lowest BCUT2D eigenvalue weighted by atomic mass is 10.1. The van der Waals surface area contributed by atoms with Gasteiger partial charge in [-0.15, -0.1) is 0 Å². The summed E-state index contributed by atoms with van der Waals surface area (Å²) in [5.41, 5.74) is 7.41. The van der Waals surface area contributed by atoms with Gasteiger partial charge in [-0.05, 0) is 96.8 Å². The van der Waals surface area contributed by atoms with Crippen molar-refractivity contribution < 1.29 is 22.7 Å². The molecule has 0 atom stereocenters. The van der Waals surface area contributed by atoms with Gasteiger partial charge < -0.3 is 4.74 Å². The number of amides is 1. The molecule has 0 bridgehead atoms. The molecule has 40 heavy (non-hydrogen) atoms. The van der Waals surface area contributed by atoms with E-state index in [1.54, 1.807) is 78.9 Å². The molecular formula is C31H29N3O5S. The summed E-state index contributed by atoms with van der Waals surface area (Å²) in [6, 6.07) is 27.6. The first-order chi connectivity index (χ1) is 19.1. The van der Waals surface area contributed by atoms with E-state index in [4.69, 9.17) is 4.74 Å². The van der Waals surface area contributed by atoms with Crippen LogP contribution in [0.25, 0.3) is 0 Å². The molecule has 0 saturated heterocycles. The van der Waals surface area contributed by atoms with Gasteiger partial charge in [-0.2, -0.15) is 5.10 Å². The molecule has 1 amide bonds. The average molecular weight is 556 g/mol. The number of hydrazone groups is 1. The Morgan fingerprint density at radius 2 is 1.52 bits per heavy atom. The van der Waals surface area contributed by atoms with E-state index in [1.165, 1.54) is 16.8 Å². The fourth-order valence-electron chi connectivity index (χ4n) is 3.80. The molecule has 0 spiro atoms. The number of anilines is 1. The number of sulfonamides is 1. The second-order valence-electron chi connectivity index (χ2n) is 9.26. The van der Waals surface area contributed by atoms with E-state index in [0.717, 1.165) is 16.7 Å². The van der Waals surface area contributed by atoms with Crippen LogP contribution >= 0.6 is 0 Å². The predicted molar refractivity (Wildman–Crippen MR) is 156 cm³/mol. The summed E-state index contributed by atoms with van der Waals surface area (Å²) in [4.78, 5) is 24.7. The molecule has 0 aliphatic carbocycles. The number of carbonyl (C=O) groups excluding carboxylic acids is 2. The standard InChI is InChI=1S/C31H29N3O5S/c1-22-9-16-28(19-23(22)2)34(40(3,37)38)21-25-10-14-26(15-11-25)30(35)33-32-20-24-12-17-29(18-13-24)39-31(36)27-7-5-4-6-8-27/h4-20H,21H2,1-3H3,(H,33,35)/b32-20-. The lowest BCUT2D eigenvalue weighted by Crippen LogP contribution is -2.29. The number of ether oxygens (including phenoxy) is 1. The highest BCUT2D eigenvalue weighted by Crippen LogP contribution is 2.23. The number of aryl methyl sites for hydroxylation is 2. The molecule has 0 aliphatic heterocycles. The van der Waals surface area contributed by atoms with Crippen LogP contribution in [0.2, 0.25) is 0 Å². The molecule has 0 heterocycles. The molecule has 0 saturated carbocycles.